The monoisotopic (exact) mass is 513 g/mol. The smallest absolute Gasteiger partial charge is 0.244 e. The summed E-state index contributed by atoms with van der Waals surface area (Å²) in [4.78, 5) is 28.5. The van der Waals surface area contributed by atoms with Crippen LogP contribution < -0.4 is 9.62 Å². The second-order valence-corrected chi connectivity index (χ2v) is 11.7. The van der Waals surface area contributed by atoms with Gasteiger partial charge in [0.15, 0.2) is 0 Å². The Morgan fingerprint density at radius 3 is 2.39 bits per heavy atom. The van der Waals surface area contributed by atoms with Gasteiger partial charge in [0.1, 0.15) is 12.6 Å². The lowest BCUT2D eigenvalue weighted by molar-refractivity contribution is -0.139. The second kappa shape index (κ2) is 12.4. The number of para-hydroxylation sites is 1. The molecule has 1 aliphatic rings. The number of carbonyl (C=O) groups is 2. The van der Waals surface area contributed by atoms with E-state index in [1.807, 2.05) is 50.2 Å². The Balaban J connectivity index is 1.89. The minimum atomic E-state index is -3.74. The zero-order valence-corrected chi connectivity index (χ0v) is 22.7. The molecular formula is C28H39N3O4S. The van der Waals surface area contributed by atoms with Crippen molar-refractivity contribution in [1.29, 1.82) is 0 Å². The number of anilines is 1. The predicted octanol–water partition coefficient (Wildman–Crippen LogP) is 4.19. The van der Waals surface area contributed by atoms with Crippen LogP contribution in [0, 0.1) is 6.92 Å². The molecule has 3 rings (SSSR count). The van der Waals surface area contributed by atoms with Crippen molar-refractivity contribution in [2.24, 2.45) is 0 Å². The molecule has 7 nitrogen and oxygen atoms in total. The van der Waals surface area contributed by atoms with Crippen LogP contribution in [0.4, 0.5) is 5.69 Å². The average molecular weight is 514 g/mol. The first-order chi connectivity index (χ1) is 17.1. The molecule has 0 spiro atoms. The molecule has 0 saturated heterocycles. The molecular weight excluding hydrogens is 474 g/mol. The molecule has 196 valence electrons. The van der Waals surface area contributed by atoms with Crippen molar-refractivity contribution in [3.8, 4) is 0 Å². The van der Waals surface area contributed by atoms with Crippen LogP contribution in [0.2, 0.25) is 0 Å². The van der Waals surface area contributed by atoms with Crippen LogP contribution in [0.15, 0.2) is 48.5 Å². The van der Waals surface area contributed by atoms with Crippen LogP contribution in [0.5, 0.6) is 0 Å². The van der Waals surface area contributed by atoms with E-state index in [-0.39, 0.29) is 25.0 Å². The summed E-state index contributed by atoms with van der Waals surface area (Å²) in [5.41, 5.74) is 3.27. The quantitative estimate of drug-likeness (QED) is 0.516. The number of amides is 2. The topological polar surface area (TPSA) is 86.8 Å². The molecule has 36 heavy (non-hydrogen) atoms. The van der Waals surface area contributed by atoms with Crippen molar-refractivity contribution in [2.75, 3.05) is 17.1 Å². The maximum atomic E-state index is 13.7. The normalized spacial score (nSPS) is 15.2. The van der Waals surface area contributed by atoms with Gasteiger partial charge in [0.05, 0.1) is 11.9 Å². The van der Waals surface area contributed by atoms with E-state index in [1.54, 1.807) is 19.1 Å². The Morgan fingerprint density at radius 1 is 1.06 bits per heavy atom. The molecule has 1 saturated carbocycles. The van der Waals surface area contributed by atoms with Crippen molar-refractivity contribution in [3.63, 3.8) is 0 Å². The first-order valence-electron chi connectivity index (χ1n) is 12.8. The lowest BCUT2D eigenvalue weighted by Gasteiger charge is -2.33. The Labute approximate surface area is 215 Å². The van der Waals surface area contributed by atoms with E-state index in [2.05, 4.69) is 5.32 Å². The van der Waals surface area contributed by atoms with Gasteiger partial charge in [-0.2, -0.15) is 0 Å². The van der Waals surface area contributed by atoms with Gasteiger partial charge >= 0.3 is 0 Å². The third kappa shape index (κ3) is 7.32. The SMILES string of the molecule is CCc1ccccc1N(CC(=O)N(Cc1cccc(C)c1)C(C)C(=O)NC1CCCCC1)S(C)(=O)=O. The van der Waals surface area contributed by atoms with E-state index in [1.165, 1.54) is 11.3 Å². The molecule has 0 bridgehead atoms. The van der Waals surface area contributed by atoms with Crippen molar-refractivity contribution < 1.29 is 18.0 Å². The highest BCUT2D eigenvalue weighted by molar-refractivity contribution is 7.92. The summed E-state index contributed by atoms with van der Waals surface area (Å²) in [6, 6.07) is 14.4. The fourth-order valence-electron chi connectivity index (χ4n) is 4.81. The van der Waals surface area contributed by atoms with Crippen LogP contribution in [-0.4, -0.2) is 50.0 Å². The summed E-state index contributed by atoms with van der Waals surface area (Å²) in [5.74, 6) is -0.623. The van der Waals surface area contributed by atoms with Gasteiger partial charge in [-0.3, -0.25) is 13.9 Å². The Bertz CT molecular complexity index is 1160. The molecule has 2 amide bonds. The van der Waals surface area contributed by atoms with Crippen LogP contribution >= 0.6 is 0 Å². The average Bonchev–Trinajstić information content (AvgIpc) is 2.85. The predicted molar refractivity (Wildman–Crippen MR) is 144 cm³/mol. The standard InChI is InChI=1S/C28H39N3O4S/c1-5-24-14-9-10-17-26(24)31(36(4,34)35)20-27(32)30(19-23-13-11-12-21(2)18-23)22(3)28(33)29-25-15-7-6-8-16-25/h9-14,17-18,22,25H,5-8,15-16,19-20H2,1-4H3,(H,29,33). The number of rotatable bonds is 10. The minimum absolute atomic E-state index is 0.119. The highest BCUT2D eigenvalue weighted by Crippen LogP contribution is 2.24. The van der Waals surface area contributed by atoms with Crippen molar-refractivity contribution in [3.05, 3.63) is 65.2 Å². The van der Waals surface area contributed by atoms with E-state index in [0.29, 0.717) is 12.1 Å². The van der Waals surface area contributed by atoms with E-state index in [9.17, 15) is 18.0 Å². The maximum absolute atomic E-state index is 13.7. The number of nitrogens with zero attached hydrogens (tertiary/aromatic N) is 2. The molecule has 1 aliphatic carbocycles. The second-order valence-electron chi connectivity index (χ2n) is 9.78. The summed E-state index contributed by atoms with van der Waals surface area (Å²) in [7, 11) is -3.74. The lowest BCUT2D eigenvalue weighted by atomic mass is 9.95. The van der Waals surface area contributed by atoms with Crippen LogP contribution in [0.1, 0.15) is 62.6 Å². The largest absolute Gasteiger partial charge is 0.352 e. The number of carbonyl (C=O) groups excluding carboxylic acids is 2. The molecule has 2 aromatic carbocycles. The molecule has 8 heteroatoms. The maximum Gasteiger partial charge on any atom is 0.244 e. The van der Waals surface area contributed by atoms with Crippen molar-refractivity contribution >= 4 is 27.5 Å². The number of sulfonamides is 1. The number of hydrogen-bond donors (Lipinski definition) is 1. The van der Waals surface area contributed by atoms with E-state index < -0.39 is 22.0 Å². The van der Waals surface area contributed by atoms with E-state index in [0.717, 1.165) is 52.9 Å². The molecule has 0 heterocycles. The molecule has 1 N–H and O–H groups in total. The Morgan fingerprint density at radius 2 is 1.75 bits per heavy atom. The molecule has 0 aromatic heterocycles. The highest BCUT2D eigenvalue weighted by atomic mass is 32.2. The van der Waals surface area contributed by atoms with E-state index >= 15 is 0 Å². The summed E-state index contributed by atoms with van der Waals surface area (Å²) in [6.07, 6.45) is 6.98. The van der Waals surface area contributed by atoms with Gasteiger partial charge in [0.25, 0.3) is 0 Å². The molecule has 1 atom stereocenters. The van der Waals surface area contributed by atoms with Crippen LogP contribution in [0.25, 0.3) is 0 Å². The van der Waals surface area contributed by atoms with Crippen molar-refractivity contribution in [2.45, 2.75) is 77.9 Å². The first-order valence-corrected chi connectivity index (χ1v) is 14.7. The van der Waals surface area contributed by atoms with Gasteiger partial charge in [0.2, 0.25) is 21.8 Å². The van der Waals surface area contributed by atoms with Crippen molar-refractivity contribution in [1.82, 2.24) is 10.2 Å². The third-order valence-electron chi connectivity index (χ3n) is 6.87. The number of benzene rings is 2. The summed E-state index contributed by atoms with van der Waals surface area (Å²) in [5, 5.41) is 3.12. The highest BCUT2D eigenvalue weighted by Gasteiger charge is 2.31. The van der Waals surface area contributed by atoms with Crippen LogP contribution in [-0.2, 0) is 32.6 Å². The summed E-state index contributed by atoms with van der Waals surface area (Å²) >= 11 is 0. The fraction of sp³-hybridized carbons (Fsp3) is 0.500. The summed E-state index contributed by atoms with van der Waals surface area (Å²) in [6.45, 7) is 5.48. The lowest BCUT2D eigenvalue weighted by Crippen LogP contribution is -2.53. The van der Waals surface area contributed by atoms with Gasteiger partial charge in [-0.05, 0) is 50.3 Å². The number of nitrogens with one attached hydrogen (secondary N) is 1. The van der Waals surface area contributed by atoms with Gasteiger partial charge in [-0.1, -0.05) is 74.2 Å². The minimum Gasteiger partial charge on any atom is -0.352 e. The third-order valence-corrected chi connectivity index (χ3v) is 8.00. The molecule has 2 aromatic rings. The Kier molecular flexibility index (Phi) is 9.54. The van der Waals surface area contributed by atoms with Gasteiger partial charge in [-0.15, -0.1) is 0 Å². The fourth-order valence-corrected chi connectivity index (χ4v) is 5.69. The molecule has 0 aliphatic heterocycles. The van der Waals surface area contributed by atoms with Gasteiger partial charge in [-0.25, -0.2) is 8.42 Å². The first kappa shape index (κ1) is 27.7. The number of aryl methyl sites for hydroxylation is 2. The summed E-state index contributed by atoms with van der Waals surface area (Å²) < 4.78 is 26.8. The zero-order chi connectivity index (χ0) is 26.3. The molecule has 1 fully saturated rings. The van der Waals surface area contributed by atoms with E-state index in [4.69, 9.17) is 0 Å². The van der Waals surface area contributed by atoms with Gasteiger partial charge < -0.3 is 10.2 Å². The molecule has 1 unspecified atom stereocenters. The number of hydrogen-bond acceptors (Lipinski definition) is 4. The van der Waals surface area contributed by atoms with Gasteiger partial charge in [0, 0.05) is 12.6 Å². The zero-order valence-electron chi connectivity index (χ0n) is 21.9. The molecule has 0 radical (unpaired) electrons. The Hall–Kier alpha value is -2.87. The van der Waals surface area contributed by atoms with Crippen LogP contribution in [0.3, 0.4) is 0 Å².